The lowest BCUT2D eigenvalue weighted by Crippen LogP contribution is -2.44. The number of sulfone groups is 1. The van der Waals surface area contributed by atoms with Gasteiger partial charge in [0.25, 0.3) is 0 Å². The maximum Gasteiger partial charge on any atom is 0.191 e. The van der Waals surface area contributed by atoms with E-state index >= 15 is 0 Å². The van der Waals surface area contributed by atoms with Gasteiger partial charge in [-0.15, -0.1) is 35.3 Å². The molecule has 1 aromatic rings. The topological polar surface area (TPSA) is 86.7 Å². The molecule has 2 N–H and O–H groups in total. The van der Waals surface area contributed by atoms with Crippen LogP contribution in [0, 0.1) is 0 Å². The van der Waals surface area contributed by atoms with E-state index in [4.69, 9.17) is 4.98 Å². The molecule has 0 bridgehead atoms. The minimum absolute atomic E-state index is 0. The second-order valence-electron chi connectivity index (χ2n) is 6.31. The van der Waals surface area contributed by atoms with Crippen LogP contribution in [0.5, 0.6) is 0 Å². The van der Waals surface area contributed by atoms with Crippen molar-refractivity contribution in [2.45, 2.75) is 31.7 Å². The summed E-state index contributed by atoms with van der Waals surface area (Å²) in [5, 5.41) is 9.68. The summed E-state index contributed by atoms with van der Waals surface area (Å²) in [5.41, 5.74) is 1.09. The van der Waals surface area contributed by atoms with Crippen LogP contribution in [-0.4, -0.2) is 63.6 Å². The van der Waals surface area contributed by atoms with Crippen molar-refractivity contribution in [2.24, 2.45) is 4.99 Å². The van der Waals surface area contributed by atoms with Crippen molar-refractivity contribution in [3.63, 3.8) is 0 Å². The molecule has 0 aliphatic carbocycles. The normalized spacial score (nSPS) is 22.7. The van der Waals surface area contributed by atoms with Gasteiger partial charge < -0.3 is 15.5 Å². The maximum atomic E-state index is 11.5. The number of guanidine groups is 1. The Bertz CT molecular complexity index is 686. The first-order chi connectivity index (χ1) is 11.6. The number of anilines is 1. The Kier molecular flexibility index (Phi) is 7.74. The summed E-state index contributed by atoms with van der Waals surface area (Å²) in [7, 11) is -1.18. The Morgan fingerprint density at radius 1 is 1.44 bits per heavy atom. The highest BCUT2D eigenvalue weighted by Crippen LogP contribution is 2.24. The molecule has 7 nitrogen and oxygen atoms in total. The van der Waals surface area contributed by atoms with Crippen molar-refractivity contribution in [1.29, 1.82) is 0 Å². The van der Waals surface area contributed by atoms with Crippen LogP contribution in [0.3, 0.4) is 0 Å². The average molecular weight is 499 g/mol. The van der Waals surface area contributed by atoms with Crippen LogP contribution in [0.1, 0.15) is 25.0 Å². The van der Waals surface area contributed by atoms with Gasteiger partial charge in [0, 0.05) is 44.5 Å². The number of hydrogen-bond donors (Lipinski definition) is 2. The van der Waals surface area contributed by atoms with E-state index in [-0.39, 0.29) is 41.5 Å². The fourth-order valence-electron chi connectivity index (χ4n) is 3.07. The third-order valence-corrected chi connectivity index (χ3v) is 7.10. The van der Waals surface area contributed by atoms with Gasteiger partial charge in [-0.3, -0.25) is 4.99 Å². The predicted octanol–water partition coefficient (Wildman–Crippen LogP) is 1.26. The van der Waals surface area contributed by atoms with E-state index < -0.39 is 9.84 Å². The molecule has 0 radical (unpaired) electrons. The Morgan fingerprint density at radius 2 is 2.20 bits per heavy atom. The van der Waals surface area contributed by atoms with E-state index in [9.17, 15) is 8.42 Å². The van der Waals surface area contributed by atoms with E-state index in [1.807, 2.05) is 0 Å². The van der Waals surface area contributed by atoms with Crippen LogP contribution in [0.4, 0.5) is 5.13 Å². The van der Waals surface area contributed by atoms with Crippen LogP contribution >= 0.6 is 35.3 Å². The lowest BCUT2D eigenvalue weighted by Gasteiger charge is -2.15. The van der Waals surface area contributed by atoms with Gasteiger partial charge in [0.2, 0.25) is 0 Å². The van der Waals surface area contributed by atoms with Crippen molar-refractivity contribution in [3.8, 4) is 0 Å². The molecule has 0 spiro atoms. The van der Waals surface area contributed by atoms with Crippen LogP contribution in [-0.2, 0) is 16.3 Å². The van der Waals surface area contributed by atoms with E-state index in [1.165, 1.54) is 12.8 Å². The molecule has 142 valence electrons. The van der Waals surface area contributed by atoms with Crippen molar-refractivity contribution in [2.75, 3.05) is 43.1 Å². The summed E-state index contributed by atoms with van der Waals surface area (Å²) in [6.07, 6.45) is 3.99. The molecule has 2 aliphatic rings. The van der Waals surface area contributed by atoms with Crippen molar-refractivity contribution >= 4 is 56.2 Å². The fraction of sp³-hybridized carbons (Fsp3) is 0.733. The first-order valence-electron chi connectivity index (χ1n) is 8.43. The monoisotopic (exact) mass is 499 g/mol. The van der Waals surface area contributed by atoms with Gasteiger partial charge in [0.1, 0.15) is 0 Å². The molecule has 25 heavy (non-hydrogen) atoms. The van der Waals surface area contributed by atoms with Gasteiger partial charge in [-0.05, 0) is 19.3 Å². The van der Waals surface area contributed by atoms with Crippen LogP contribution in [0.15, 0.2) is 10.4 Å². The van der Waals surface area contributed by atoms with Gasteiger partial charge in [0.15, 0.2) is 20.9 Å². The molecule has 1 aromatic heterocycles. The van der Waals surface area contributed by atoms with Crippen molar-refractivity contribution < 1.29 is 8.42 Å². The van der Waals surface area contributed by atoms with E-state index in [0.717, 1.165) is 36.9 Å². The lowest BCUT2D eigenvalue weighted by atomic mass is 10.3. The molecular formula is C15H26IN5O2S2. The Morgan fingerprint density at radius 3 is 2.84 bits per heavy atom. The van der Waals surface area contributed by atoms with E-state index in [0.29, 0.717) is 12.4 Å². The maximum absolute atomic E-state index is 11.5. The molecule has 3 rings (SSSR count). The van der Waals surface area contributed by atoms with Crippen LogP contribution in [0.2, 0.25) is 0 Å². The predicted molar refractivity (Wildman–Crippen MR) is 114 cm³/mol. The molecule has 2 aliphatic heterocycles. The average Bonchev–Trinajstić information content (AvgIpc) is 3.26. The molecule has 2 fully saturated rings. The number of rotatable bonds is 5. The summed E-state index contributed by atoms with van der Waals surface area (Å²) in [6, 6.07) is -0.0396. The molecule has 0 amide bonds. The van der Waals surface area contributed by atoms with Gasteiger partial charge in [-0.25, -0.2) is 13.4 Å². The SMILES string of the molecule is CN=C(NCCc1csc(N2CCCC2)n1)NC1CCS(=O)(=O)C1.I. The largest absolute Gasteiger partial charge is 0.356 e. The van der Waals surface area contributed by atoms with Crippen LogP contribution in [0.25, 0.3) is 0 Å². The molecule has 3 heterocycles. The van der Waals surface area contributed by atoms with E-state index in [1.54, 1.807) is 18.4 Å². The highest BCUT2D eigenvalue weighted by molar-refractivity contribution is 14.0. The number of thiazole rings is 1. The number of nitrogens with zero attached hydrogens (tertiary/aromatic N) is 3. The third-order valence-electron chi connectivity index (χ3n) is 4.39. The van der Waals surface area contributed by atoms with Gasteiger partial charge in [0.05, 0.1) is 17.2 Å². The Hall–Kier alpha value is -0.620. The van der Waals surface area contributed by atoms with Gasteiger partial charge in [-0.2, -0.15) is 0 Å². The number of aromatic nitrogens is 1. The zero-order chi connectivity index (χ0) is 17.0. The number of nitrogens with one attached hydrogen (secondary N) is 2. The molecule has 1 atom stereocenters. The standard InChI is InChI=1S/C15H25N5O2S2.HI/c1-16-14(18-13-5-9-24(21,22)11-13)17-6-4-12-10-23-15(19-12)20-7-2-3-8-20;/h10,13H,2-9,11H2,1H3,(H2,16,17,18);1H. The first-order valence-corrected chi connectivity index (χ1v) is 11.1. The number of halogens is 1. The number of hydrogen-bond acceptors (Lipinski definition) is 6. The summed E-state index contributed by atoms with van der Waals surface area (Å²) >= 11 is 1.71. The molecule has 10 heteroatoms. The Balaban J connectivity index is 0.00000225. The molecule has 2 saturated heterocycles. The van der Waals surface area contributed by atoms with Gasteiger partial charge in [-0.1, -0.05) is 0 Å². The molecule has 0 saturated carbocycles. The van der Waals surface area contributed by atoms with E-state index in [2.05, 4.69) is 25.9 Å². The highest BCUT2D eigenvalue weighted by Gasteiger charge is 2.28. The van der Waals surface area contributed by atoms with Crippen LogP contribution < -0.4 is 15.5 Å². The number of aliphatic imine (C=N–C) groups is 1. The minimum atomic E-state index is -2.88. The third kappa shape index (κ3) is 5.95. The highest BCUT2D eigenvalue weighted by atomic mass is 127. The Labute approximate surface area is 170 Å². The van der Waals surface area contributed by atoms with Crippen molar-refractivity contribution in [1.82, 2.24) is 15.6 Å². The smallest absolute Gasteiger partial charge is 0.191 e. The summed E-state index contributed by atoms with van der Waals surface area (Å²) in [6.45, 7) is 2.96. The van der Waals surface area contributed by atoms with Gasteiger partial charge >= 0.3 is 0 Å². The minimum Gasteiger partial charge on any atom is -0.356 e. The second-order valence-corrected chi connectivity index (χ2v) is 9.37. The zero-order valence-corrected chi connectivity index (χ0v) is 18.4. The molecular weight excluding hydrogens is 473 g/mol. The summed E-state index contributed by atoms with van der Waals surface area (Å²) in [4.78, 5) is 11.2. The zero-order valence-electron chi connectivity index (χ0n) is 14.4. The first kappa shape index (κ1) is 20.7. The molecule has 0 aromatic carbocycles. The summed E-state index contributed by atoms with van der Waals surface area (Å²) in [5.74, 6) is 1.12. The summed E-state index contributed by atoms with van der Waals surface area (Å²) < 4.78 is 23.0. The van der Waals surface area contributed by atoms with Crippen molar-refractivity contribution in [3.05, 3.63) is 11.1 Å². The lowest BCUT2D eigenvalue weighted by molar-refractivity contribution is 0.599. The fourth-order valence-corrected chi connectivity index (χ4v) is 5.66. The quantitative estimate of drug-likeness (QED) is 0.361. The second kappa shape index (κ2) is 9.36. The molecule has 1 unspecified atom stereocenters.